The molecule has 4 N–H and O–H groups in total. The highest BCUT2D eigenvalue weighted by atomic mass is 79.9. The van der Waals surface area contributed by atoms with Gasteiger partial charge in [-0.1, -0.05) is 46.3 Å². The van der Waals surface area contributed by atoms with E-state index in [1.54, 1.807) is 36.4 Å². The number of hydrogen-bond acceptors (Lipinski definition) is 21. The number of ether oxygens (including phenoxy) is 3. The van der Waals surface area contributed by atoms with Crippen molar-refractivity contribution < 1.29 is 137 Å². The highest BCUT2D eigenvalue weighted by Gasteiger charge is 2.34. The van der Waals surface area contributed by atoms with Crippen LogP contribution in [0.2, 0.25) is 0 Å². The molecular weight excluding hydrogens is 2030 g/mol. The highest BCUT2D eigenvalue weighted by molar-refractivity contribution is 9.10. The predicted octanol–water partition coefficient (Wildman–Crippen LogP) is 16.5. The molecule has 0 saturated heterocycles. The van der Waals surface area contributed by atoms with E-state index in [0.717, 1.165) is 114 Å². The van der Waals surface area contributed by atoms with E-state index in [4.69, 9.17) is 30.0 Å². The van der Waals surface area contributed by atoms with E-state index in [0.29, 0.717) is 54.8 Å². The smallest absolute Gasteiger partial charge is 0.488 e. The molecule has 5 heterocycles. The second kappa shape index (κ2) is 44.4. The number of sulfone groups is 1. The normalized spacial score (nSPS) is 11.1. The minimum absolute atomic E-state index is 0. The van der Waals surface area contributed by atoms with Crippen LogP contribution >= 0.6 is 45.6 Å². The molecule has 0 fully saturated rings. The van der Waals surface area contributed by atoms with Gasteiger partial charge in [-0.05, 0) is 179 Å². The summed E-state index contributed by atoms with van der Waals surface area (Å²) in [7, 11) is -11.7. The van der Waals surface area contributed by atoms with E-state index in [2.05, 4.69) is 44.2 Å². The van der Waals surface area contributed by atoms with Crippen LogP contribution in [-0.2, 0) is 35.8 Å². The molecule has 5 aromatic heterocycles. The number of pyridine rings is 3. The molecule has 137 heavy (non-hydrogen) atoms. The van der Waals surface area contributed by atoms with Gasteiger partial charge in [-0.25, -0.2) is 89.8 Å². The number of nitrogens with two attached hydrogens (primary N) is 1. The zero-order chi connectivity index (χ0) is 97.6. The lowest BCUT2D eigenvalue weighted by Crippen LogP contribution is -2.30. The van der Waals surface area contributed by atoms with Crippen molar-refractivity contribution in [1.82, 2.24) is 33.6 Å². The average Bonchev–Trinajstić information content (AvgIpc) is 0.763. The van der Waals surface area contributed by atoms with Crippen LogP contribution in [0.4, 0.5) is 85.0 Å². The number of fused-ring (bicyclic) bond motifs is 3. The quantitative estimate of drug-likeness (QED) is 0.0179. The van der Waals surface area contributed by atoms with Crippen LogP contribution in [-0.4, -0.2) is 97.4 Å². The summed E-state index contributed by atoms with van der Waals surface area (Å²) in [4.78, 5) is 51.2. The lowest BCUT2D eigenvalue weighted by molar-refractivity contribution is 0.346. The molecular formula is C87H61BBrF18N8O16P3S3. The van der Waals surface area contributed by atoms with Gasteiger partial charge >= 0.3 is 27.4 Å². The number of aromatic nitrogens is 7. The minimum atomic E-state index is -5.14. The maximum Gasteiger partial charge on any atom is 0.488 e. The third-order valence-electron chi connectivity index (χ3n) is 18.9. The van der Waals surface area contributed by atoms with Crippen molar-refractivity contribution >= 4 is 127 Å². The maximum atomic E-state index is 14.0. The van der Waals surface area contributed by atoms with E-state index in [1.165, 1.54) is 109 Å². The van der Waals surface area contributed by atoms with Crippen molar-refractivity contribution in [3.63, 3.8) is 0 Å². The number of nitrogens with zero attached hydrogens (tertiary/aromatic N) is 7. The van der Waals surface area contributed by atoms with Crippen LogP contribution in [0.1, 0.15) is 5.82 Å². The molecule has 0 aliphatic heterocycles. The fraction of sp³-hybridized carbons (Fsp3) is 0.0460. The first kappa shape index (κ1) is 107. The van der Waals surface area contributed by atoms with Gasteiger partial charge < -0.3 is 38.4 Å². The summed E-state index contributed by atoms with van der Waals surface area (Å²) < 4.78 is 346. The second-order valence-corrected chi connectivity index (χ2v) is 33.3. The molecule has 16 rings (SSSR count). The van der Waals surface area contributed by atoms with Crippen LogP contribution in [0.25, 0.3) is 72.0 Å². The molecule has 0 spiro atoms. The van der Waals surface area contributed by atoms with E-state index >= 15 is 0 Å². The molecule has 0 radical (unpaired) electrons. The lowest BCUT2D eigenvalue weighted by Gasteiger charge is -2.16. The van der Waals surface area contributed by atoms with Gasteiger partial charge in [0.15, 0.2) is 56.4 Å². The topological polar surface area (TPSA) is 333 Å². The third kappa shape index (κ3) is 23.7. The number of benzene rings is 11. The number of halogens is 19. The Kier molecular flexibility index (Phi) is 34.7. The highest BCUT2D eigenvalue weighted by Crippen LogP contribution is 2.39. The molecule has 3 unspecified atom stereocenters. The van der Waals surface area contributed by atoms with Crippen molar-refractivity contribution in [2.24, 2.45) is 0 Å². The molecule has 3 atom stereocenters. The molecule has 0 aliphatic rings. The molecule has 0 amide bonds. The average molecular weight is 2100 g/mol. The first-order valence-electron chi connectivity index (χ1n) is 37.1. The molecule has 0 saturated carbocycles. The van der Waals surface area contributed by atoms with Gasteiger partial charge in [-0.2, -0.15) is 64.1 Å². The summed E-state index contributed by atoms with van der Waals surface area (Å²) >= 11 is 3.29. The van der Waals surface area contributed by atoms with Gasteiger partial charge in [0.2, 0.25) is 75.6 Å². The van der Waals surface area contributed by atoms with Crippen LogP contribution in [0.3, 0.4) is 0 Å². The van der Waals surface area contributed by atoms with Crippen molar-refractivity contribution in [3.05, 3.63) is 371 Å². The molecule has 0 bridgehead atoms. The van der Waals surface area contributed by atoms with E-state index in [-0.39, 0.29) is 90.8 Å². The summed E-state index contributed by atoms with van der Waals surface area (Å²) in [5.74, 6) is -35.4. The summed E-state index contributed by atoms with van der Waals surface area (Å²) in [6.07, 6.45) is 3.81. The Bertz CT molecular complexity index is 7850. The summed E-state index contributed by atoms with van der Waals surface area (Å²) in [6.45, 7) is 0. The molecule has 11 aromatic carbocycles. The number of methoxy groups -OCH3 is 3. The largest absolute Gasteiger partial charge is 0.495 e. The minimum Gasteiger partial charge on any atom is -0.495 e. The number of rotatable bonds is 18. The zero-order valence-electron chi connectivity index (χ0n) is 69.5. The van der Waals surface area contributed by atoms with Crippen LogP contribution < -0.4 is 50.5 Å². The van der Waals surface area contributed by atoms with E-state index in [1.807, 2.05) is 0 Å². The second-order valence-electron chi connectivity index (χ2n) is 27.3. The lowest BCUT2D eigenvalue weighted by atomic mass is 9.80. The molecule has 714 valence electrons. The Morgan fingerprint density at radius 1 is 0.350 bits per heavy atom. The van der Waals surface area contributed by atoms with Gasteiger partial charge in [0.05, 0.1) is 84.6 Å². The summed E-state index contributed by atoms with van der Waals surface area (Å²) in [6, 6.07) is 41.5. The van der Waals surface area contributed by atoms with Crippen molar-refractivity contribution in [2.75, 3.05) is 27.1 Å². The third-order valence-corrected chi connectivity index (χ3v) is 23.4. The van der Waals surface area contributed by atoms with Crippen LogP contribution in [0, 0.1) is 105 Å². The maximum absolute atomic E-state index is 14.0. The zero-order valence-corrected chi connectivity index (χ0v) is 77.8. The number of anilines is 1. The molecule has 24 nitrogen and oxygen atoms in total. The first-order chi connectivity index (χ1) is 63.3. The Hall–Kier alpha value is -13.6. The van der Waals surface area contributed by atoms with Gasteiger partial charge in [0, 0.05) is 38.8 Å². The Labute approximate surface area is 779 Å². The van der Waals surface area contributed by atoms with Gasteiger partial charge in [0.1, 0.15) is 38.6 Å². The first-order valence-corrected chi connectivity index (χ1v) is 42.4. The fourth-order valence-corrected chi connectivity index (χ4v) is 16.0. The standard InChI is InChI=1S/C28H14F7NO5S.C27H18F3N3O4S.C22H11BrF5NO5S.C6H5BF2O2.C4H4FN3.3H3P/c1-40-21-12-14(13-2-6-17(29)18(30)11-13)3-7-20(21)36-19-8-5-16(10-15(19)4-9-22(36)37)42(38,39)41-28-26(34)24(32)23(31)25(33)27(28)35;1-37-25-12-17(16-2-6-21(29)22(30)11-16)3-7-24(25)33-23-8-5-20(10-18(23)4-9-27(33)34)38(35,36)15-26-31-13-19(28)14-32-26;1-33-15-9-11(23)3-5-14(15)29-13-6-4-12(8-10(13)2-7-16(29)30)35(31,32)34-22-20(27)18(25)17(24)19(26)21(22)28;8-5-2-1-4(7(10)11)3-6(5)9;5-3-1-7-4(6)8-2-3;;;/h2-12H,1H3;2-14H,15H2,1H3;2-9H,1H3;1-3,10-11H;1-2H,(H2,6,7,8);3*1H3. The Morgan fingerprint density at radius 2 is 0.657 bits per heavy atom. The number of hydrogen-bond donors (Lipinski definition) is 3. The monoisotopic (exact) mass is 2090 g/mol. The fourth-order valence-electron chi connectivity index (χ4n) is 12.5. The predicted molar refractivity (Wildman–Crippen MR) is 484 cm³/mol. The van der Waals surface area contributed by atoms with Crippen molar-refractivity contribution in [1.29, 1.82) is 0 Å². The summed E-state index contributed by atoms with van der Waals surface area (Å²) in [5, 5.41) is 17.7. The Balaban J connectivity index is 0.000000207. The van der Waals surface area contributed by atoms with Crippen LogP contribution in [0.15, 0.2) is 259 Å². The molecule has 16 aromatic rings. The number of nitrogen functional groups attached to an aromatic ring is 1. The van der Waals surface area contributed by atoms with Crippen molar-refractivity contribution in [3.8, 4) is 68.1 Å². The van der Waals surface area contributed by atoms with Crippen LogP contribution in [0.5, 0.6) is 28.7 Å². The van der Waals surface area contributed by atoms with Gasteiger partial charge in [-0.15, -0.1) is 0 Å². The van der Waals surface area contributed by atoms with Crippen molar-refractivity contribution in [2.45, 2.75) is 20.4 Å². The van der Waals surface area contributed by atoms with E-state index < -0.39 is 186 Å². The van der Waals surface area contributed by atoms with E-state index in [9.17, 15) is 119 Å². The summed E-state index contributed by atoms with van der Waals surface area (Å²) in [5.41, 5.74) is 6.82. The van der Waals surface area contributed by atoms with Gasteiger partial charge in [0.25, 0.3) is 16.7 Å². The molecule has 50 heteroatoms. The Morgan fingerprint density at radius 3 is 1.00 bits per heavy atom. The molecule has 0 aliphatic carbocycles. The van der Waals surface area contributed by atoms with Gasteiger partial charge in [-0.3, -0.25) is 28.1 Å². The SMILES string of the molecule is COc1cc(-c2ccc(F)c(F)c2)ccc1-n1c(=O)ccc2cc(S(=O)(=O)Cc3ncc(F)cn3)ccc21.COc1cc(-c2ccc(F)c(F)c2)ccc1-n1c(=O)ccc2cc(S(=O)(=O)Oc3c(F)c(F)c(F)c(F)c3F)ccc21.COc1cc(Br)ccc1-n1c(=O)ccc2cc(S(=O)(=O)Oc3c(F)c(F)c(F)c(F)c3F)ccc21.Nc1ncc(F)cn1.OB(O)c1ccc(F)c(F)c1.P.P.P.